The van der Waals surface area contributed by atoms with Crippen LogP contribution in [0.3, 0.4) is 0 Å². The number of anilines is 1. The van der Waals surface area contributed by atoms with E-state index in [0.29, 0.717) is 27.0 Å². The molecule has 0 fully saturated rings. The number of carboxylic acid groups (broad SMARTS) is 1. The molecule has 2 aromatic rings. The lowest BCUT2D eigenvalue weighted by Crippen LogP contribution is -2.42. The largest absolute Gasteiger partial charge is 0.484 e. The molecule has 6 nitrogen and oxygen atoms in total. The van der Waals surface area contributed by atoms with Gasteiger partial charge in [-0.3, -0.25) is 4.79 Å². The number of carbonyl (C=O) groups is 2. The molecule has 0 radical (unpaired) electrons. The van der Waals surface area contributed by atoms with Gasteiger partial charge in [-0.05, 0) is 24.3 Å². The lowest BCUT2D eigenvalue weighted by Gasteiger charge is -2.32. The maximum atomic E-state index is 12.3. The Morgan fingerprint density at radius 2 is 1.96 bits per heavy atom. The highest BCUT2D eigenvalue weighted by atomic mass is 35.5. The van der Waals surface area contributed by atoms with E-state index in [1.165, 1.54) is 0 Å². The fourth-order valence-corrected chi connectivity index (χ4v) is 3.48. The zero-order valence-electron chi connectivity index (χ0n) is 13.5. The van der Waals surface area contributed by atoms with Crippen LogP contribution in [-0.2, 0) is 9.59 Å². The molecule has 2 atom stereocenters. The molecule has 0 bridgehead atoms. The Hall–Kier alpha value is -2.44. The minimum atomic E-state index is -1.02. The summed E-state index contributed by atoms with van der Waals surface area (Å²) in [4.78, 5) is 23.7. The third kappa shape index (κ3) is 4.20. The van der Waals surface area contributed by atoms with E-state index in [1.807, 2.05) is 6.07 Å². The van der Waals surface area contributed by atoms with Crippen LogP contribution in [-0.4, -0.2) is 29.6 Å². The second-order valence-corrected chi connectivity index (χ2v) is 6.69. The normalized spacial score (nSPS) is 18.4. The maximum absolute atomic E-state index is 12.3. The summed E-state index contributed by atoms with van der Waals surface area (Å²) in [5, 5.41) is 15.8. The van der Waals surface area contributed by atoms with E-state index >= 15 is 0 Å². The number of halogens is 2. The van der Waals surface area contributed by atoms with Crippen molar-refractivity contribution < 1.29 is 19.4 Å². The third-order valence-electron chi connectivity index (χ3n) is 3.99. The number of benzene rings is 2. The molecule has 8 heteroatoms. The zero-order valence-corrected chi connectivity index (χ0v) is 15.1. The summed E-state index contributed by atoms with van der Waals surface area (Å²) in [7, 11) is 0. The van der Waals surface area contributed by atoms with E-state index in [0.717, 1.165) is 0 Å². The number of carbonyl (C=O) groups excluding carboxylic acids is 1. The molecule has 3 rings (SSSR count). The molecule has 136 valence electrons. The lowest BCUT2D eigenvalue weighted by molar-refractivity contribution is -0.138. The van der Waals surface area contributed by atoms with Crippen LogP contribution in [0.1, 0.15) is 18.0 Å². The summed E-state index contributed by atoms with van der Waals surface area (Å²) in [6, 6.07) is 10.7. The number of rotatable bonds is 5. The molecule has 0 spiro atoms. The van der Waals surface area contributed by atoms with Gasteiger partial charge in [0.1, 0.15) is 11.8 Å². The number of fused-ring (bicyclic) bond motifs is 1. The average Bonchev–Trinajstić information content (AvgIpc) is 2.60. The van der Waals surface area contributed by atoms with Crippen LogP contribution in [0.25, 0.3) is 0 Å². The van der Waals surface area contributed by atoms with Crippen LogP contribution in [0.4, 0.5) is 5.69 Å². The van der Waals surface area contributed by atoms with Crippen LogP contribution in [0, 0.1) is 0 Å². The minimum Gasteiger partial charge on any atom is -0.484 e. The van der Waals surface area contributed by atoms with Crippen LogP contribution in [0.5, 0.6) is 5.75 Å². The number of amides is 1. The summed E-state index contributed by atoms with van der Waals surface area (Å²) in [6.45, 7) is -0.188. The van der Waals surface area contributed by atoms with E-state index in [1.54, 1.807) is 36.4 Å². The number of para-hydroxylation sites is 1. The summed E-state index contributed by atoms with van der Waals surface area (Å²) in [5.74, 6) is -0.824. The Morgan fingerprint density at radius 1 is 1.23 bits per heavy atom. The van der Waals surface area contributed by atoms with Gasteiger partial charge in [0.25, 0.3) is 5.91 Å². The van der Waals surface area contributed by atoms with Crippen molar-refractivity contribution in [2.45, 2.75) is 18.5 Å². The van der Waals surface area contributed by atoms with E-state index in [2.05, 4.69) is 10.6 Å². The van der Waals surface area contributed by atoms with Crippen molar-refractivity contribution in [3.8, 4) is 5.75 Å². The van der Waals surface area contributed by atoms with Crippen LogP contribution in [0.15, 0.2) is 42.5 Å². The van der Waals surface area contributed by atoms with Crippen molar-refractivity contribution in [2.24, 2.45) is 0 Å². The van der Waals surface area contributed by atoms with Gasteiger partial charge in [-0.25, -0.2) is 4.79 Å². The van der Waals surface area contributed by atoms with Gasteiger partial charge in [0.15, 0.2) is 6.61 Å². The SMILES string of the molecule is O=C(COc1ccccc1)N[C@@H]1C[C@@H](C(=O)O)Nc2cc(Cl)cc(Cl)c21. The topological polar surface area (TPSA) is 87.7 Å². The molecule has 1 heterocycles. The predicted octanol–water partition coefficient (Wildman–Crippen LogP) is 3.50. The summed E-state index contributed by atoms with van der Waals surface area (Å²) in [5.41, 5.74) is 1.11. The summed E-state index contributed by atoms with van der Waals surface area (Å²) in [6.07, 6.45) is 0.154. The molecule has 2 aromatic carbocycles. The monoisotopic (exact) mass is 394 g/mol. The van der Waals surface area contributed by atoms with Crippen molar-refractivity contribution in [3.05, 3.63) is 58.1 Å². The smallest absolute Gasteiger partial charge is 0.326 e. The molecule has 1 aliphatic heterocycles. The number of aliphatic carboxylic acids is 1. The zero-order chi connectivity index (χ0) is 18.7. The van der Waals surface area contributed by atoms with Crippen LogP contribution >= 0.6 is 23.2 Å². The van der Waals surface area contributed by atoms with Crippen LogP contribution in [0.2, 0.25) is 10.0 Å². The molecule has 0 aromatic heterocycles. The van der Waals surface area contributed by atoms with Gasteiger partial charge < -0.3 is 20.5 Å². The maximum Gasteiger partial charge on any atom is 0.326 e. The molecule has 0 unspecified atom stereocenters. The molecule has 0 aliphatic carbocycles. The predicted molar refractivity (Wildman–Crippen MR) is 98.9 cm³/mol. The Morgan fingerprint density at radius 3 is 2.65 bits per heavy atom. The molecule has 26 heavy (non-hydrogen) atoms. The van der Waals surface area contributed by atoms with Gasteiger partial charge >= 0.3 is 5.97 Å². The Bertz CT molecular complexity index is 829. The summed E-state index contributed by atoms with van der Waals surface area (Å²) >= 11 is 12.3. The number of hydrogen-bond donors (Lipinski definition) is 3. The molecular weight excluding hydrogens is 379 g/mol. The fourth-order valence-electron chi connectivity index (χ4n) is 2.85. The number of ether oxygens (including phenoxy) is 1. The summed E-state index contributed by atoms with van der Waals surface area (Å²) < 4.78 is 5.42. The first-order valence-electron chi connectivity index (χ1n) is 7.89. The lowest BCUT2D eigenvalue weighted by atomic mass is 9.92. The van der Waals surface area contributed by atoms with Gasteiger partial charge in [0.05, 0.1) is 6.04 Å². The van der Waals surface area contributed by atoms with Crippen molar-refractivity contribution in [1.29, 1.82) is 0 Å². The third-order valence-corrected chi connectivity index (χ3v) is 4.52. The Balaban J connectivity index is 1.76. The van der Waals surface area contributed by atoms with Gasteiger partial charge in [-0.1, -0.05) is 41.4 Å². The van der Waals surface area contributed by atoms with Gasteiger partial charge in [-0.15, -0.1) is 0 Å². The standard InChI is InChI=1S/C18H16Cl2N2O4/c19-10-6-12(20)17-13(7-10)21-15(18(24)25)8-14(17)22-16(23)9-26-11-4-2-1-3-5-11/h1-7,14-15,21H,8-9H2,(H,22,23)(H,24,25)/t14-,15+/m1/s1. The van der Waals surface area contributed by atoms with E-state index in [4.69, 9.17) is 27.9 Å². The van der Waals surface area contributed by atoms with Crippen LogP contribution < -0.4 is 15.4 Å². The quantitative estimate of drug-likeness (QED) is 0.722. The molecule has 1 amide bonds. The fraction of sp³-hybridized carbons (Fsp3) is 0.222. The second-order valence-electron chi connectivity index (χ2n) is 5.84. The highest BCUT2D eigenvalue weighted by Gasteiger charge is 2.33. The Kier molecular flexibility index (Phi) is 5.54. The second kappa shape index (κ2) is 7.85. The van der Waals surface area contributed by atoms with E-state index in [-0.39, 0.29) is 18.9 Å². The molecular formula is C18H16Cl2N2O4. The van der Waals surface area contributed by atoms with Gasteiger partial charge in [0.2, 0.25) is 0 Å². The minimum absolute atomic E-state index is 0.154. The highest BCUT2D eigenvalue weighted by molar-refractivity contribution is 6.35. The van der Waals surface area contributed by atoms with E-state index < -0.39 is 18.1 Å². The molecule has 3 N–H and O–H groups in total. The first kappa shape index (κ1) is 18.4. The van der Waals surface area contributed by atoms with Crippen molar-refractivity contribution in [3.63, 3.8) is 0 Å². The number of carboxylic acids is 1. The van der Waals surface area contributed by atoms with Crippen molar-refractivity contribution >= 4 is 40.8 Å². The highest BCUT2D eigenvalue weighted by Crippen LogP contribution is 2.39. The molecule has 0 saturated carbocycles. The molecule has 1 aliphatic rings. The van der Waals surface area contributed by atoms with Crippen molar-refractivity contribution in [1.82, 2.24) is 5.32 Å². The van der Waals surface area contributed by atoms with Gasteiger partial charge in [0, 0.05) is 27.7 Å². The van der Waals surface area contributed by atoms with Crippen molar-refractivity contribution in [2.75, 3.05) is 11.9 Å². The first-order chi connectivity index (χ1) is 12.4. The first-order valence-corrected chi connectivity index (χ1v) is 8.65. The van der Waals surface area contributed by atoms with E-state index in [9.17, 15) is 14.7 Å². The number of hydrogen-bond acceptors (Lipinski definition) is 4. The van der Waals surface area contributed by atoms with Gasteiger partial charge in [-0.2, -0.15) is 0 Å². The molecule has 0 saturated heterocycles. The average molecular weight is 395 g/mol. The number of nitrogens with one attached hydrogen (secondary N) is 2. The Labute approximate surface area is 160 Å².